The Balaban J connectivity index is 2.19. The van der Waals surface area contributed by atoms with Gasteiger partial charge < -0.3 is 18.9 Å². The largest absolute Gasteiger partial charge is 0.493 e. The van der Waals surface area contributed by atoms with E-state index in [9.17, 15) is 4.79 Å². The first-order valence-electron chi connectivity index (χ1n) is 7.47. The summed E-state index contributed by atoms with van der Waals surface area (Å²) >= 11 is 0. The number of carbonyl (C=O) groups excluding carboxylic acids is 1. The maximum atomic E-state index is 11.5. The molecule has 120 valence electrons. The highest BCUT2D eigenvalue weighted by Gasteiger charge is 2.20. The molecule has 1 aliphatic rings. The van der Waals surface area contributed by atoms with Crippen LogP contribution in [0.15, 0.2) is 30.3 Å². The highest BCUT2D eigenvalue weighted by atomic mass is 16.6. The molecule has 23 heavy (non-hydrogen) atoms. The van der Waals surface area contributed by atoms with Gasteiger partial charge in [0.05, 0.1) is 13.7 Å². The molecule has 0 spiro atoms. The van der Waals surface area contributed by atoms with Crippen LogP contribution in [-0.2, 0) is 0 Å². The van der Waals surface area contributed by atoms with Gasteiger partial charge in [0.1, 0.15) is 13.2 Å². The molecule has 0 aromatic heterocycles. The van der Waals surface area contributed by atoms with E-state index in [0.717, 1.165) is 11.8 Å². The topological polar surface area (TPSA) is 54.0 Å². The molecule has 0 amide bonds. The van der Waals surface area contributed by atoms with Gasteiger partial charge in [0.2, 0.25) is 0 Å². The molecule has 2 aromatic rings. The van der Waals surface area contributed by atoms with Crippen LogP contribution in [0.4, 0.5) is 0 Å². The minimum atomic E-state index is 0.468. The number of aldehydes is 1. The third-order valence-electron chi connectivity index (χ3n) is 3.62. The van der Waals surface area contributed by atoms with E-state index in [1.165, 1.54) is 0 Å². The monoisotopic (exact) mass is 314 g/mol. The predicted molar refractivity (Wildman–Crippen MR) is 86.0 cm³/mol. The van der Waals surface area contributed by atoms with Crippen LogP contribution in [0.25, 0.3) is 11.1 Å². The van der Waals surface area contributed by atoms with Crippen molar-refractivity contribution in [1.29, 1.82) is 0 Å². The summed E-state index contributed by atoms with van der Waals surface area (Å²) < 4.78 is 22.3. The Kier molecular flexibility index (Phi) is 4.37. The van der Waals surface area contributed by atoms with Crippen LogP contribution in [0.3, 0.4) is 0 Å². The Morgan fingerprint density at radius 3 is 2.61 bits per heavy atom. The molecule has 0 saturated carbocycles. The van der Waals surface area contributed by atoms with Crippen LogP contribution in [-0.4, -0.2) is 33.2 Å². The van der Waals surface area contributed by atoms with Gasteiger partial charge in [-0.25, -0.2) is 0 Å². The number of rotatable bonds is 5. The van der Waals surface area contributed by atoms with Crippen molar-refractivity contribution in [2.75, 3.05) is 26.9 Å². The molecule has 3 rings (SSSR count). The van der Waals surface area contributed by atoms with Crippen molar-refractivity contribution in [1.82, 2.24) is 0 Å². The molecule has 0 fully saturated rings. The van der Waals surface area contributed by atoms with Crippen LogP contribution >= 0.6 is 0 Å². The van der Waals surface area contributed by atoms with E-state index in [-0.39, 0.29) is 0 Å². The lowest BCUT2D eigenvalue weighted by molar-refractivity contribution is 0.112. The smallest absolute Gasteiger partial charge is 0.169 e. The van der Waals surface area contributed by atoms with Crippen LogP contribution in [0, 0.1) is 0 Å². The molecule has 0 radical (unpaired) electrons. The Bertz CT molecular complexity index is 724. The number of carbonyl (C=O) groups is 1. The number of hydrogen-bond acceptors (Lipinski definition) is 5. The highest BCUT2D eigenvalue weighted by Crippen LogP contribution is 2.43. The molecule has 0 saturated heterocycles. The Hall–Kier alpha value is -2.69. The Labute approximate surface area is 134 Å². The Morgan fingerprint density at radius 2 is 1.91 bits per heavy atom. The number of ether oxygens (including phenoxy) is 4. The van der Waals surface area contributed by atoms with Crippen molar-refractivity contribution in [2.24, 2.45) is 0 Å². The second kappa shape index (κ2) is 6.60. The summed E-state index contributed by atoms with van der Waals surface area (Å²) in [6.07, 6.45) is 0.814. The second-order valence-corrected chi connectivity index (χ2v) is 4.97. The summed E-state index contributed by atoms with van der Waals surface area (Å²) in [6, 6.07) is 9.04. The van der Waals surface area contributed by atoms with Gasteiger partial charge in [-0.15, -0.1) is 0 Å². The van der Waals surface area contributed by atoms with Gasteiger partial charge in [-0.05, 0) is 36.8 Å². The fourth-order valence-corrected chi connectivity index (χ4v) is 2.62. The summed E-state index contributed by atoms with van der Waals surface area (Å²) in [7, 11) is 1.58. The predicted octanol–water partition coefficient (Wildman–Crippen LogP) is 3.34. The number of fused-ring (bicyclic) bond motifs is 1. The van der Waals surface area contributed by atoms with Gasteiger partial charge in [-0.3, -0.25) is 4.79 Å². The first-order valence-corrected chi connectivity index (χ1v) is 7.47. The molecule has 5 nitrogen and oxygen atoms in total. The Morgan fingerprint density at radius 1 is 1.13 bits per heavy atom. The summed E-state index contributed by atoms with van der Waals surface area (Å²) in [5, 5.41) is 0. The number of methoxy groups -OCH3 is 1. The van der Waals surface area contributed by atoms with Crippen molar-refractivity contribution in [3.05, 3.63) is 35.9 Å². The van der Waals surface area contributed by atoms with E-state index in [4.69, 9.17) is 18.9 Å². The van der Waals surface area contributed by atoms with Gasteiger partial charge in [0.25, 0.3) is 0 Å². The van der Waals surface area contributed by atoms with Crippen LogP contribution in [0.2, 0.25) is 0 Å². The molecule has 2 aromatic carbocycles. The summed E-state index contributed by atoms with van der Waals surface area (Å²) in [6.45, 7) is 3.40. The van der Waals surface area contributed by atoms with Gasteiger partial charge >= 0.3 is 0 Å². The fourth-order valence-electron chi connectivity index (χ4n) is 2.62. The van der Waals surface area contributed by atoms with Gasteiger partial charge in [-0.2, -0.15) is 0 Å². The van der Waals surface area contributed by atoms with E-state index in [1.807, 2.05) is 25.1 Å². The third kappa shape index (κ3) is 2.82. The van der Waals surface area contributed by atoms with Crippen molar-refractivity contribution < 1.29 is 23.7 Å². The van der Waals surface area contributed by atoms with Crippen LogP contribution in [0.1, 0.15) is 17.3 Å². The molecule has 0 aliphatic carbocycles. The average molecular weight is 314 g/mol. The lowest BCUT2D eigenvalue weighted by Crippen LogP contribution is -2.15. The number of benzene rings is 2. The molecule has 0 bridgehead atoms. The summed E-state index contributed by atoms with van der Waals surface area (Å²) in [5.41, 5.74) is 2.04. The van der Waals surface area contributed by atoms with E-state index in [0.29, 0.717) is 53.9 Å². The molecule has 0 unspecified atom stereocenters. The minimum absolute atomic E-state index is 0.468. The lowest BCUT2D eigenvalue weighted by atomic mass is 9.98. The molecular formula is C18H18O5. The van der Waals surface area contributed by atoms with E-state index < -0.39 is 0 Å². The zero-order chi connectivity index (χ0) is 16.2. The van der Waals surface area contributed by atoms with Crippen molar-refractivity contribution in [3.63, 3.8) is 0 Å². The maximum Gasteiger partial charge on any atom is 0.169 e. The van der Waals surface area contributed by atoms with E-state index >= 15 is 0 Å². The fraction of sp³-hybridized carbons (Fsp3) is 0.278. The number of hydrogen-bond donors (Lipinski definition) is 0. The molecule has 5 heteroatoms. The normalized spacial score (nSPS) is 12.6. The lowest BCUT2D eigenvalue weighted by Gasteiger charge is -2.20. The van der Waals surface area contributed by atoms with Crippen molar-refractivity contribution in [2.45, 2.75) is 6.92 Å². The molecule has 0 N–H and O–H groups in total. The second-order valence-electron chi connectivity index (χ2n) is 4.97. The highest BCUT2D eigenvalue weighted by molar-refractivity contribution is 5.92. The van der Waals surface area contributed by atoms with Gasteiger partial charge in [0.15, 0.2) is 29.3 Å². The molecule has 1 heterocycles. The van der Waals surface area contributed by atoms with Crippen LogP contribution in [0.5, 0.6) is 23.0 Å². The van der Waals surface area contributed by atoms with E-state index in [1.54, 1.807) is 19.2 Å². The zero-order valence-corrected chi connectivity index (χ0v) is 13.1. The minimum Gasteiger partial charge on any atom is -0.493 e. The molecule has 0 atom stereocenters. The molecule has 1 aliphatic heterocycles. The summed E-state index contributed by atoms with van der Waals surface area (Å²) in [5.74, 6) is 2.50. The van der Waals surface area contributed by atoms with Gasteiger partial charge in [-0.1, -0.05) is 6.07 Å². The van der Waals surface area contributed by atoms with Gasteiger partial charge in [0, 0.05) is 11.1 Å². The summed E-state index contributed by atoms with van der Waals surface area (Å²) in [4.78, 5) is 11.5. The first-order chi connectivity index (χ1) is 11.3. The first kappa shape index (κ1) is 15.2. The standard InChI is InChI=1S/C18H18O5/c1-3-21-18-15(20-2)7-5-13(11-19)17(18)12-4-6-14-16(10-12)23-9-8-22-14/h4-7,10-11H,3,8-9H2,1-2H3. The average Bonchev–Trinajstić information content (AvgIpc) is 2.61. The maximum absolute atomic E-state index is 11.5. The van der Waals surface area contributed by atoms with Crippen molar-refractivity contribution in [3.8, 4) is 34.1 Å². The third-order valence-corrected chi connectivity index (χ3v) is 3.62. The van der Waals surface area contributed by atoms with Crippen LogP contribution < -0.4 is 18.9 Å². The SMILES string of the molecule is CCOc1c(OC)ccc(C=O)c1-c1ccc2c(c1)OCCO2. The zero-order valence-electron chi connectivity index (χ0n) is 13.1. The molecular weight excluding hydrogens is 296 g/mol. The van der Waals surface area contributed by atoms with E-state index in [2.05, 4.69) is 0 Å². The quantitative estimate of drug-likeness (QED) is 0.792. The van der Waals surface area contributed by atoms with Crippen molar-refractivity contribution >= 4 is 6.29 Å².